The highest BCUT2D eigenvalue weighted by molar-refractivity contribution is 6.30. The summed E-state index contributed by atoms with van der Waals surface area (Å²) >= 11 is 5.88. The molecule has 0 N–H and O–H groups in total. The molecule has 1 aromatic carbocycles. The quantitative estimate of drug-likeness (QED) is 0.785. The molecule has 0 bridgehead atoms. The number of hydrogen-bond donors (Lipinski definition) is 0. The number of benzene rings is 1. The summed E-state index contributed by atoms with van der Waals surface area (Å²) in [5, 5.41) is 0.392. The van der Waals surface area contributed by atoms with Crippen molar-refractivity contribution < 1.29 is 9.47 Å². The second-order valence-corrected chi connectivity index (χ2v) is 3.73. The highest BCUT2D eigenvalue weighted by Gasteiger charge is 2.07. The van der Waals surface area contributed by atoms with Gasteiger partial charge in [-0.2, -0.15) is 0 Å². The van der Waals surface area contributed by atoms with Crippen molar-refractivity contribution in [1.82, 2.24) is 9.97 Å². The van der Waals surface area contributed by atoms with Gasteiger partial charge in [0.1, 0.15) is 23.0 Å². The second-order valence-electron chi connectivity index (χ2n) is 3.37. The number of halogens is 1. The SMILES string of the molecule is COc1ccc(Oc2ncnc(Cl)c2C)cc1. The molecule has 0 atom stereocenters. The molecule has 1 aromatic heterocycles. The van der Waals surface area contributed by atoms with Crippen LogP contribution in [0, 0.1) is 6.92 Å². The molecule has 0 fully saturated rings. The van der Waals surface area contributed by atoms with Crippen LogP contribution in [0.3, 0.4) is 0 Å². The fourth-order valence-corrected chi connectivity index (χ4v) is 1.40. The van der Waals surface area contributed by atoms with Gasteiger partial charge in [-0.1, -0.05) is 11.6 Å². The lowest BCUT2D eigenvalue weighted by Crippen LogP contribution is -1.93. The van der Waals surface area contributed by atoms with Gasteiger partial charge in [-0.15, -0.1) is 0 Å². The maximum absolute atomic E-state index is 5.88. The van der Waals surface area contributed by atoms with Crippen LogP contribution in [0.1, 0.15) is 5.56 Å². The van der Waals surface area contributed by atoms with Crippen molar-refractivity contribution in [3.05, 3.63) is 41.3 Å². The number of aromatic nitrogens is 2. The number of hydrogen-bond acceptors (Lipinski definition) is 4. The zero-order chi connectivity index (χ0) is 12.3. The molecule has 1 heterocycles. The summed E-state index contributed by atoms with van der Waals surface area (Å²) in [6.45, 7) is 1.81. The van der Waals surface area contributed by atoms with E-state index in [9.17, 15) is 0 Å². The first-order chi connectivity index (χ1) is 8.20. The van der Waals surface area contributed by atoms with Crippen molar-refractivity contribution in [2.75, 3.05) is 7.11 Å². The number of ether oxygens (including phenoxy) is 2. The molecule has 88 valence electrons. The molecular weight excluding hydrogens is 240 g/mol. The minimum atomic E-state index is 0.392. The Bertz CT molecular complexity index is 514. The van der Waals surface area contributed by atoms with Crippen molar-refractivity contribution in [3.63, 3.8) is 0 Å². The van der Waals surface area contributed by atoms with E-state index in [1.807, 2.05) is 12.1 Å². The predicted molar refractivity (Wildman–Crippen MR) is 64.8 cm³/mol. The molecule has 0 aliphatic heterocycles. The van der Waals surface area contributed by atoms with E-state index in [1.165, 1.54) is 6.33 Å². The Morgan fingerprint density at radius 2 is 1.71 bits per heavy atom. The first kappa shape index (κ1) is 11.7. The van der Waals surface area contributed by atoms with Gasteiger partial charge in [-0.25, -0.2) is 9.97 Å². The molecule has 0 saturated heterocycles. The summed E-state index contributed by atoms with van der Waals surface area (Å²) in [6, 6.07) is 7.23. The van der Waals surface area contributed by atoms with Gasteiger partial charge in [-0.3, -0.25) is 0 Å². The summed E-state index contributed by atoms with van der Waals surface area (Å²) in [4.78, 5) is 7.89. The molecule has 0 aliphatic rings. The van der Waals surface area contributed by atoms with Crippen LogP contribution in [0.2, 0.25) is 5.15 Å². The third-order valence-corrected chi connectivity index (χ3v) is 2.63. The first-order valence-corrected chi connectivity index (χ1v) is 5.37. The molecule has 4 nitrogen and oxygen atoms in total. The molecule has 0 aliphatic carbocycles. The molecule has 0 amide bonds. The zero-order valence-electron chi connectivity index (χ0n) is 9.48. The molecule has 17 heavy (non-hydrogen) atoms. The van der Waals surface area contributed by atoms with E-state index in [4.69, 9.17) is 21.1 Å². The Balaban J connectivity index is 2.22. The van der Waals surface area contributed by atoms with Crippen LogP contribution >= 0.6 is 11.6 Å². The van der Waals surface area contributed by atoms with Crippen molar-refractivity contribution >= 4 is 11.6 Å². The summed E-state index contributed by atoms with van der Waals surface area (Å²) < 4.78 is 10.7. The van der Waals surface area contributed by atoms with E-state index in [0.717, 1.165) is 5.75 Å². The van der Waals surface area contributed by atoms with E-state index in [-0.39, 0.29) is 0 Å². The highest BCUT2D eigenvalue weighted by atomic mass is 35.5. The van der Waals surface area contributed by atoms with E-state index >= 15 is 0 Å². The fourth-order valence-electron chi connectivity index (χ4n) is 1.27. The van der Waals surface area contributed by atoms with Crippen LogP contribution in [-0.2, 0) is 0 Å². The standard InChI is InChI=1S/C12H11ClN2O2/c1-8-11(13)14-7-15-12(8)17-10-5-3-9(16-2)4-6-10/h3-7H,1-2H3. The van der Waals surface area contributed by atoms with E-state index in [1.54, 1.807) is 26.2 Å². The van der Waals surface area contributed by atoms with Gasteiger partial charge in [0.25, 0.3) is 0 Å². The Morgan fingerprint density at radius 3 is 2.35 bits per heavy atom. The van der Waals surface area contributed by atoms with Crippen LogP contribution in [-0.4, -0.2) is 17.1 Å². The number of methoxy groups -OCH3 is 1. The zero-order valence-corrected chi connectivity index (χ0v) is 10.2. The maximum atomic E-state index is 5.88. The molecule has 0 radical (unpaired) electrons. The topological polar surface area (TPSA) is 44.2 Å². The van der Waals surface area contributed by atoms with Gasteiger partial charge in [-0.05, 0) is 31.2 Å². The van der Waals surface area contributed by atoms with Crippen LogP contribution in [0.5, 0.6) is 17.4 Å². The molecule has 5 heteroatoms. The molecule has 0 saturated carbocycles. The highest BCUT2D eigenvalue weighted by Crippen LogP contribution is 2.26. The Kier molecular flexibility index (Phi) is 3.44. The number of rotatable bonds is 3. The lowest BCUT2D eigenvalue weighted by molar-refractivity contribution is 0.412. The van der Waals surface area contributed by atoms with E-state index in [0.29, 0.717) is 22.3 Å². The Morgan fingerprint density at radius 1 is 1.06 bits per heavy atom. The molecule has 0 unspecified atom stereocenters. The molecule has 2 aromatic rings. The molecule has 2 rings (SSSR count). The normalized spacial score (nSPS) is 10.1. The molecule has 0 spiro atoms. The Hall–Kier alpha value is -1.81. The number of nitrogens with zero attached hydrogens (tertiary/aromatic N) is 2. The van der Waals surface area contributed by atoms with Gasteiger partial charge >= 0.3 is 0 Å². The van der Waals surface area contributed by atoms with E-state index < -0.39 is 0 Å². The van der Waals surface area contributed by atoms with E-state index in [2.05, 4.69) is 9.97 Å². The van der Waals surface area contributed by atoms with Crippen molar-refractivity contribution in [2.45, 2.75) is 6.92 Å². The van der Waals surface area contributed by atoms with Crippen molar-refractivity contribution in [1.29, 1.82) is 0 Å². The minimum Gasteiger partial charge on any atom is -0.497 e. The minimum absolute atomic E-state index is 0.392. The maximum Gasteiger partial charge on any atom is 0.226 e. The summed E-state index contributed by atoms with van der Waals surface area (Å²) in [6.07, 6.45) is 1.37. The third kappa shape index (κ3) is 2.65. The average molecular weight is 251 g/mol. The lowest BCUT2D eigenvalue weighted by atomic mass is 10.3. The van der Waals surface area contributed by atoms with Gasteiger partial charge in [0.05, 0.1) is 7.11 Å². The largest absolute Gasteiger partial charge is 0.497 e. The van der Waals surface area contributed by atoms with Crippen LogP contribution in [0.4, 0.5) is 0 Å². The molecular formula is C12H11ClN2O2. The second kappa shape index (κ2) is 5.01. The van der Waals surface area contributed by atoms with Gasteiger partial charge < -0.3 is 9.47 Å². The average Bonchev–Trinajstić information content (AvgIpc) is 2.36. The monoisotopic (exact) mass is 250 g/mol. The van der Waals surface area contributed by atoms with Crippen molar-refractivity contribution in [2.24, 2.45) is 0 Å². The van der Waals surface area contributed by atoms with Crippen LogP contribution in [0.25, 0.3) is 0 Å². The summed E-state index contributed by atoms with van der Waals surface area (Å²) in [7, 11) is 1.62. The smallest absolute Gasteiger partial charge is 0.226 e. The van der Waals surface area contributed by atoms with Gasteiger partial charge in [0.15, 0.2) is 0 Å². The lowest BCUT2D eigenvalue weighted by Gasteiger charge is -2.08. The van der Waals surface area contributed by atoms with Crippen LogP contribution in [0.15, 0.2) is 30.6 Å². The summed E-state index contributed by atoms with van der Waals surface area (Å²) in [5.41, 5.74) is 0.713. The van der Waals surface area contributed by atoms with Crippen molar-refractivity contribution in [3.8, 4) is 17.4 Å². The third-order valence-electron chi connectivity index (χ3n) is 2.25. The summed E-state index contributed by atoms with van der Waals surface area (Å²) in [5.74, 6) is 1.90. The van der Waals surface area contributed by atoms with Gasteiger partial charge in [0, 0.05) is 5.56 Å². The first-order valence-electron chi connectivity index (χ1n) is 4.99. The van der Waals surface area contributed by atoms with Gasteiger partial charge in [0.2, 0.25) is 5.88 Å². The van der Waals surface area contributed by atoms with Crippen LogP contribution < -0.4 is 9.47 Å². The Labute approximate surface area is 104 Å². The fraction of sp³-hybridized carbons (Fsp3) is 0.167. The predicted octanol–water partition coefficient (Wildman–Crippen LogP) is 3.24.